The molecule has 1 aliphatic heterocycles. The lowest BCUT2D eigenvalue weighted by Gasteiger charge is -2.28. The van der Waals surface area contributed by atoms with Gasteiger partial charge in [0, 0.05) is 37.5 Å². The Labute approximate surface area is 122 Å². The fourth-order valence-corrected chi connectivity index (χ4v) is 2.41. The van der Waals surface area contributed by atoms with Crippen LogP contribution in [0.2, 0.25) is 0 Å². The molecular weight excluding hydrogens is 279 g/mol. The van der Waals surface area contributed by atoms with Crippen LogP contribution in [0.1, 0.15) is 18.4 Å². The second kappa shape index (κ2) is 7.44. The van der Waals surface area contributed by atoms with E-state index in [1.165, 1.54) is 13.2 Å². The largest absolute Gasteiger partial charge is 0.381 e. The number of rotatable bonds is 6. The Balaban J connectivity index is 2.03. The number of hydroxylamine groups is 2. The number of halogens is 1. The predicted molar refractivity (Wildman–Crippen MR) is 74.0 cm³/mol. The van der Waals surface area contributed by atoms with E-state index in [1.807, 2.05) is 0 Å². The Morgan fingerprint density at radius 2 is 2.19 bits per heavy atom. The van der Waals surface area contributed by atoms with E-state index in [4.69, 9.17) is 9.57 Å². The summed E-state index contributed by atoms with van der Waals surface area (Å²) in [6.07, 6.45) is 1.88. The highest BCUT2D eigenvalue weighted by atomic mass is 19.1. The molecule has 0 bridgehead atoms. The summed E-state index contributed by atoms with van der Waals surface area (Å²) in [5.41, 5.74) is 0.145. The molecule has 0 aliphatic carbocycles. The van der Waals surface area contributed by atoms with Gasteiger partial charge in [0.2, 0.25) is 0 Å². The number of nitro groups is 1. The molecule has 0 atom stereocenters. The fraction of sp³-hybridized carbons (Fsp3) is 0.571. The van der Waals surface area contributed by atoms with E-state index in [-0.39, 0.29) is 17.8 Å². The normalized spacial score (nSPS) is 16.3. The first-order valence-corrected chi connectivity index (χ1v) is 6.89. The molecule has 1 aromatic carbocycles. The lowest BCUT2D eigenvalue weighted by Crippen LogP contribution is -2.31. The molecule has 7 heteroatoms. The van der Waals surface area contributed by atoms with Gasteiger partial charge in [-0.15, -0.1) is 0 Å². The van der Waals surface area contributed by atoms with Crippen LogP contribution in [0.15, 0.2) is 18.2 Å². The van der Waals surface area contributed by atoms with Crippen LogP contribution in [0.3, 0.4) is 0 Å². The summed E-state index contributed by atoms with van der Waals surface area (Å²) in [4.78, 5) is 15.5. The van der Waals surface area contributed by atoms with Crippen LogP contribution in [0, 0.1) is 21.8 Å². The minimum absolute atomic E-state index is 0.117. The molecule has 2 rings (SSSR count). The van der Waals surface area contributed by atoms with Crippen molar-refractivity contribution in [3.63, 3.8) is 0 Å². The van der Waals surface area contributed by atoms with Crippen molar-refractivity contribution in [1.29, 1.82) is 0 Å². The quantitative estimate of drug-likeness (QED) is 0.596. The lowest BCUT2D eigenvalue weighted by atomic mass is 10.0. The highest BCUT2D eigenvalue weighted by Crippen LogP contribution is 2.21. The third kappa shape index (κ3) is 4.45. The molecule has 1 fully saturated rings. The van der Waals surface area contributed by atoms with E-state index in [2.05, 4.69) is 0 Å². The lowest BCUT2D eigenvalue weighted by molar-refractivity contribution is -0.385. The topological polar surface area (TPSA) is 64.8 Å². The van der Waals surface area contributed by atoms with Crippen molar-refractivity contribution in [2.24, 2.45) is 5.92 Å². The van der Waals surface area contributed by atoms with E-state index in [1.54, 1.807) is 5.06 Å². The van der Waals surface area contributed by atoms with Gasteiger partial charge in [-0.2, -0.15) is 5.06 Å². The zero-order chi connectivity index (χ0) is 15.2. The van der Waals surface area contributed by atoms with Gasteiger partial charge in [-0.3, -0.25) is 10.1 Å². The Morgan fingerprint density at radius 3 is 2.81 bits per heavy atom. The first-order valence-electron chi connectivity index (χ1n) is 6.89. The third-order valence-corrected chi connectivity index (χ3v) is 3.65. The molecule has 0 aromatic heterocycles. The molecule has 1 aromatic rings. The Bertz CT molecular complexity index is 492. The van der Waals surface area contributed by atoms with Gasteiger partial charge >= 0.3 is 0 Å². The minimum Gasteiger partial charge on any atom is -0.381 e. The van der Waals surface area contributed by atoms with Gasteiger partial charge in [-0.05, 0) is 24.8 Å². The molecular formula is C14H19FN2O4. The van der Waals surface area contributed by atoms with Crippen molar-refractivity contribution in [1.82, 2.24) is 5.06 Å². The predicted octanol–water partition coefficient (Wildman–Crippen LogP) is 2.52. The average molecular weight is 298 g/mol. The van der Waals surface area contributed by atoms with E-state index in [9.17, 15) is 14.5 Å². The van der Waals surface area contributed by atoms with Crippen molar-refractivity contribution in [3.8, 4) is 0 Å². The molecule has 1 heterocycles. The number of hydrogen-bond acceptors (Lipinski definition) is 5. The molecule has 21 heavy (non-hydrogen) atoms. The Morgan fingerprint density at radius 1 is 1.48 bits per heavy atom. The number of benzene rings is 1. The van der Waals surface area contributed by atoms with Crippen LogP contribution in [0.25, 0.3) is 0 Å². The molecule has 0 saturated carbocycles. The van der Waals surface area contributed by atoms with Gasteiger partial charge in [0.1, 0.15) is 5.82 Å². The highest BCUT2D eigenvalue weighted by Gasteiger charge is 2.20. The first-order chi connectivity index (χ1) is 10.1. The number of nitro benzene ring substituents is 1. The highest BCUT2D eigenvalue weighted by molar-refractivity contribution is 5.35. The summed E-state index contributed by atoms with van der Waals surface area (Å²) in [6.45, 7) is 2.30. The van der Waals surface area contributed by atoms with Gasteiger partial charge in [-0.1, -0.05) is 0 Å². The molecule has 0 radical (unpaired) electrons. The van der Waals surface area contributed by atoms with Crippen molar-refractivity contribution in [2.75, 3.05) is 26.9 Å². The second-order valence-corrected chi connectivity index (χ2v) is 5.09. The van der Waals surface area contributed by atoms with Gasteiger partial charge in [0.25, 0.3) is 5.69 Å². The fourth-order valence-electron chi connectivity index (χ4n) is 2.41. The number of non-ortho nitro benzene ring substituents is 1. The third-order valence-electron chi connectivity index (χ3n) is 3.65. The zero-order valence-electron chi connectivity index (χ0n) is 12.0. The maximum atomic E-state index is 13.8. The summed E-state index contributed by atoms with van der Waals surface area (Å²) in [7, 11) is 1.52. The van der Waals surface area contributed by atoms with Crippen LogP contribution in [0.5, 0.6) is 0 Å². The second-order valence-electron chi connectivity index (χ2n) is 5.09. The molecule has 1 saturated heterocycles. The maximum Gasteiger partial charge on any atom is 0.269 e. The molecule has 116 valence electrons. The monoisotopic (exact) mass is 298 g/mol. The average Bonchev–Trinajstić information content (AvgIpc) is 2.49. The SMILES string of the molecule is CON(Cc1cc([N+](=O)[O-])ccc1F)CC1CCOCC1. The molecule has 0 N–H and O–H groups in total. The van der Waals surface area contributed by atoms with E-state index >= 15 is 0 Å². The summed E-state index contributed by atoms with van der Waals surface area (Å²) in [5, 5.41) is 12.4. The number of hydrogen-bond donors (Lipinski definition) is 0. The summed E-state index contributed by atoms with van der Waals surface area (Å²) in [6, 6.07) is 3.54. The molecule has 6 nitrogen and oxygen atoms in total. The smallest absolute Gasteiger partial charge is 0.269 e. The zero-order valence-corrected chi connectivity index (χ0v) is 12.0. The first kappa shape index (κ1) is 15.8. The van der Waals surface area contributed by atoms with Crippen LogP contribution in [0.4, 0.5) is 10.1 Å². The van der Waals surface area contributed by atoms with Gasteiger partial charge in [-0.25, -0.2) is 4.39 Å². The Hall–Kier alpha value is -1.57. The van der Waals surface area contributed by atoms with Gasteiger partial charge < -0.3 is 9.57 Å². The molecule has 0 unspecified atom stereocenters. The minimum atomic E-state index is -0.529. The number of ether oxygens (including phenoxy) is 1. The van der Waals surface area contributed by atoms with Crippen LogP contribution in [-0.4, -0.2) is 36.9 Å². The van der Waals surface area contributed by atoms with Gasteiger partial charge in [0.05, 0.1) is 18.6 Å². The molecule has 0 amide bonds. The van der Waals surface area contributed by atoms with Crippen molar-refractivity contribution in [2.45, 2.75) is 19.4 Å². The van der Waals surface area contributed by atoms with E-state index in [0.717, 1.165) is 38.2 Å². The Kier molecular flexibility index (Phi) is 5.60. The number of nitrogens with zero attached hydrogens (tertiary/aromatic N) is 2. The van der Waals surface area contributed by atoms with Crippen LogP contribution >= 0.6 is 0 Å². The summed E-state index contributed by atoms with van der Waals surface area (Å²) in [5.74, 6) is -0.0323. The van der Waals surface area contributed by atoms with E-state index in [0.29, 0.717) is 12.5 Å². The van der Waals surface area contributed by atoms with Gasteiger partial charge in [0.15, 0.2) is 0 Å². The molecule has 0 spiro atoms. The summed E-state index contributed by atoms with van der Waals surface area (Å²) < 4.78 is 19.1. The van der Waals surface area contributed by atoms with Crippen molar-refractivity contribution < 1.29 is 18.9 Å². The van der Waals surface area contributed by atoms with Crippen molar-refractivity contribution >= 4 is 5.69 Å². The van der Waals surface area contributed by atoms with Crippen LogP contribution in [-0.2, 0) is 16.1 Å². The van der Waals surface area contributed by atoms with Crippen LogP contribution < -0.4 is 0 Å². The van der Waals surface area contributed by atoms with E-state index < -0.39 is 10.7 Å². The van der Waals surface area contributed by atoms with Crippen molar-refractivity contribution in [3.05, 3.63) is 39.7 Å². The maximum absolute atomic E-state index is 13.8. The summed E-state index contributed by atoms with van der Waals surface area (Å²) >= 11 is 0. The molecule has 1 aliphatic rings. The standard InChI is InChI=1S/C14H19FN2O4/c1-20-16(9-11-4-6-21-7-5-11)10-12-8-13(17(18)19)2-3-14(12)15/h2-3,8,11H,4-7,9-10H2,1H3.